The number of hydrazone groups is 1. The summed E-state index contributed by atoms with van der Waals surface area (Å²) >= 11 is 0. The molecule has 0 spiro atoms. The van der Waals surface area contributed by atoms with Gasteiger partial charge in [0.1, 0.15) is 11.5 Å². The van der Waals surface area contributed by atoms with E-state index in [1.54, 1.807) is 6.07 Å². The number of phenols is 2. The topological polar surface area (TPSA) is 91.2 Å². The molecule has 3 aromatic carbocycles. The molecule has 1 aliphatic heterocycles. The van der Waals surface area contributed by atoms with Gasteiger partial charge in [-0.25, -0.2) is 5.43 Å². The van der Waals surface area contributed by atoms with Crippen molar-refractivity contribution in [3.8, 4) is 23.0 Å². The SMILES string of the molecule is O=C(N/N=C/c1ccc(O)c(O)c1)C1c2ccccc2Oc2ccccc21. The second-order valence-electron chi connectivity index (χ2n) is 6.09. The van der Waals surface area contributed by atoms with E-state index in [0.29, 0.717) is 17.1 Å². The number of benzene rings is 3. The molecule has 3 N–H and O–H groups in total. The zero-order chi connectivity index (χ0) is 18.8. The van der Waals surface area contributed by atoms with Crippen molar-refractivity contribution in [2.75, 3.05) is 0 Å². The van der Waals surface area contributed by atoms with Gasteiger partial charge < -0.3 is 14.9 Å². The molecule has 4 rings (SSSR count). The summed E-state index contributed by atoms with van der Waals surface area (Å²) in [6.07, 6.45) is 1.40. The highest BCUT2D eigenvalue weighted by molar-refractivity contribution is 5.90. The fourth-order valence-electron chi connectivity index (χ4n) is 3.05. The zero-order valence-electron chi connectivity index (χ0n) is 14.2. The van der Waals surface area contributed by atoms with Crippen molar-refractivity contribution in [2.24, 2.45) is 5.10 Å². The van der Waals surface area contributed by atoms with Crippen molar-refractivity contribution >= 4 is 12.1 Å². The van der Waals surface area contributed by atoms with Gasteiger partial charge in [-0.3, -0.25) is 4.79 Å². The zero-order valence-corrected chi connectivity index (χ0v) is 14.2. The molecule has 1 amide bonds. The lowest BCUT2D eigenvalue weighted by Crippen LogP contribution is -2.28. The minimum Gasteiger partial charge on any atom is -0.504 e. The van der Waals surface area contributed by atoms with Crippen LogP contribution >= 0.6 is 0 Å². The van der Waals surface area contributed by atoms with Gasteiger partial charge in [-0.05, 0) is 35.9 Å². The van der Waals surface area contributed by atoms with Crippen LogP contribution in [0.5, 0.6) is 23.0 Å². The van der Waals surface area contributed by atoms with Crippen LogP contribution in [-0.4, -0.2) is 22.3 Å². The number of aromatic hydroxyl groups is 2. The van der Waals surface area contributed by atoms with Crippen molar-refractivity contribution in [3.63, 3.8) is 0 Å². The number of amides is 1. The molecule has 0 atom stereocenters. The molecule has 0 fully saturated rings. The third kappa shape index (κ3) is 3.20. The summed E-state index contributed by atoms with van der Waals surface area (Å²) in [7, 11) is 0. The first-order valence-electron chi connectivity index (χ1n) is 8.34. The quantitative estimate of drug-likeness (QED) is 0.379. The molecule has 134 valence electrons. The van der Waals surface area contributed by atoms with Crippen LogP contribution in [0.2, 0.25) is 0 Å². The van der Waals surface area contributed by atoms with Gasteiger partial charge in [0.25, 0.3) is 5.91 Å². The summed E-state index contributed by atoms with van der Waals surface area (Å²) in [5.41, 5.74) is 4.63. The molecule has 1 aliphatic rings. The lowest BCUT2D eigenvalue weighted by atomic mass is 9.87. The highest BCUT2D eigenvalue weighted by Crippen LogP contribution is 2.43. The summed E-state index contributed by atoms with van der Waals surface area (Å²) in [6.45, 7) is 0. The molecule has 0 saturated heterocycles. The Labute approximate surface area is 155 Å². The van der Waals surface area contributed by atoms with Gasteiger partial charge >= 0.3 is 0 Å². The first-order valence-corrected chi connectivity index (χ1v) is 8.34. The molecular formula is C21H16N2O4. The predicted octanol–water partition coefficient (Wildman–Crippen LogP) is 3.49. The van der Waals surface area contributed by atoms with Crippen molar-refractivity contribution in [1.82, 2.24) is 5.43 Å². The van der Waals surface area contributed by atoms with Gasteiger partial charge in [-0.1, -0.05) is 36.4 Å². The molecule has 1 heterocycles. The number of carbonyl (C=O) groups is 1. The van der Waals surface area contributed by atoms with Gasteiger partial charge in [0, 0.05) is 11.1 Å². The van der Waals surface area contributed by atoms with E-state index in [0.717, 1.165) is 11.1 Å². The molecule has 6 heteroatoms. The van der Waals surface area contributed by atoms with Crippen LogP contribution in [0.3, 0.4) is 0 Å². The first-order chi connectivity index (χ1) is 13.1. The smallest absolute Gasteiger partial charge is 0.252 e. The minimum atomic E-state index is -0.545. The number of nitrogens with zero attached hydrogens (tertiary/aromatic N) is 1. The lowest BCUT2D eigenvalue weighted by molar-refractivity contribution is -0.121. The number of hydrogen-bond donors (Lipinski definition) is 3. The molecule has 0 radical (unpaired) electrons. The van der Waals surface area contributed by atoms with Crippen LogP contribution in [0.4, 0.5) is 0 Å². The van der Waals surface area contributed by atoms with Gasteiger partial charge in [-0.2, -0.15) is 5.10 Å². The van der Waals surface area contributed by atoms with E-state index in [4.69, 9.17) is 4.74 Å². The third-order valence-electron chi connectivity index (χ3n) is 4.33. The molecular weight excluding hydrogens is 344 g/mol. The van der Waals surface area contributed by atoms with Gasteiger partial charge in [0.05, 0.1) is 12.1 Å². The van der Waals surface area contributed by atoms with Gasteiger partial charge in [0.2, 0.25) is 0 Å². The predicted molar refractivity (Wildman–Crippen MR) is 100 cm³/mol. The molecule has 6 nitrogen and oxygen atoms in total. The van der Waals surface area contributed by atoms with E-state index in [-0.39, 0.29) is 17.4 Å². The maximum atomic E-state index is 12.9. The Morgan fingerprint density at radius 1 is 0.926 bits per heavy atom. The van der Waals surface area contributed by atoms with Crippen molar-refractivity contribution in [1.29, 1.82) is 0 Å². The van der Waals surface area contributed by atoms with Crippen LogP contribution in [0, 0.1) is 0 Å². The fraction of sp³-hybridized carbons (Fsp3) is 0.0476. The first kappa shape index (κ1) is 16.7. The average molecular weight is 360 g/mol. The number of phenolic OH excluding ortho intramolecular Hbond substituents is 2. The normalized spacial score (nSPS) is 12.9. The van der Waals surface area contributed by atoms with Crippen LogP contribution in [0.15, 0.2) is 71.8 Å². The standard InChI is InChI=1S/C21H16N2O4/c24-16-10-9-13(11-17(16)25)12-22-23-21(26)20-14-5-1-3-7-18(14)27-19-8-4-2-6-15(19)20/h1-12,20,24-25H,(H,23,26)/b22-12+. The Morgan fingerprint density at radius 2 is 1.56 bits per heavy atom. The number of rotatable bonds is 3. The van der Waals surface area contributed by atoms with E-state index >= 15 is 0 Å². The third-order valence-corrected chi connectivity index (χ3v) is 4.33. The Hall–Kier alpha value is -3.80. The van der Waals surface area contributed by atoms with Crippen molar-refractivity contribution < 1.29 is 19.7 Å². The van der Waals surface area contributed by atoms with Crippen LogP contribution in [0.25, 0.3) is 0 Å². The molecule has 0 saturated carbocycles. The Balaban J connectivity index is 1.60. The maximum Gasteiger partial charge on any atom is 0.252 e. The number of para-hydroxylation sites is 2. The maximum absolute atomic E-state index is 12.9. The van der Waals surface area contributed by atoms with Crippen molar-refractivity contribution in [3.05, 3.63) is 83.4 Å². The summed E-state index contributed by atoms with van der Waals surface area (Å²) in [5, 5.41) is 22.8. The lowest BCUT2D eigenvalue weighted by Gasteiger charge is -2.26. The Morgan fingerprint density at radius 3 is 2.19 bits per heavy atom. The fourth-order valence-corrected chi connectivity index (χ4v) is 3.05. The van der Waals surface area contributed by atoms with E-state index in [1.807, 2.05) is 48.5 Å². The molecule has 0 bridgehead atoms. The highest BCUT2D eigenvalue weighted by atomic mass is 16.5. The number of carbonyl (C=O) groups excluding carboxylic acids is 1. The number of ether oxygens (including phenoxy) is 1. The van der Waals surface area contributed by atoms with Crippen LogP contribution in [-0.2, 0) is 4.79 Å². The summed E-state index contributed by atoms with van der Waals surface area (Å²) in [4.78, 5) is 12.9. The molecule has 0 aliphatic carbocycles. The van der Waals surface area contributed by atoms with Crippen LogP contribution in [0.1, 0.15) is 22.6 Å². The summed E-state index contributed by atoms with van der Waals surface area (Å²) in [5.74, 6) is -0.0225. The van der Waals surface area contributed by atoms with E-state index in [9.17, 15) is 15.0 Å². The molecule has 27 heavy (non-hydrogen) atoms. The number of fused-ring (bicyclic) bond motifs is 2. The monoisotopic (exact) mass is 360 g/mol. The summed E-state index contributed by atoms with van der Waals surface area (Å²) < 4.78 is 5.89. The Bertz CT molecular complexity index is 1000. The van der Waals surface area contributed by atoms with E-state index in [1.165, 1.54) is 18.3 Å². The van der Waals surface area contributed by atoms with Gasteiger partial charge in [-0.15, -0.1) is 0 Å². The highest BCUT2D eigenvalue weighted by Gasteiger charge is 2.32. The van der Waals surface area contributed by atoms with E-state index in [2.05, 4.69) is 10.5 Å². The Kier molecular flexibility index (Phi) is 4.22. The summed E-state index contributed by atoms with van der Waals surface area (Å²) in [6, 6.07) is 19.1. The molecule has 0 aromatic heterocycles. The largest absolute Gasteiger partial charge is 0.504 e. The van der Waals surface area contributed by atoms with Crippen LogP contribution < -0.4 is 10.2 Å². The second kappa shape index (κ2) is 6.84. The number of hydrogen-bond acceptors (Lipinski definition) is 5. The molecule has 0 unspecified atom stereocenters. The van der Waals surface area contributed by atoms with Gasteiger partial charge in [0.15, 0.2) is 11.5 Å². The minimum absolute atomic E-state index is 0.216. The van der Waals surface area contributed by atoms with E-state index < -0.39 is 5.92 Å². The molecule has 3 aromatic rings. The number of nitrogens with one attached hydrogen (secondary N) is 1. The average Bonchev–Trinajstić information content (AvgIpc) is 2.68. The second-order valence-corrected chi connectivity index (χ2v) is 6.09. The van der Waals surface area contributed by atoms with Crippen molar-refractivity contribution in [2.45, 2.75) is 5.92 Å².